The van der Waals surface area contributed by atoms with Crippen molar-refractivity contribution in [2.45, 2.75) is 37.6 Å². The van der Waals surface area contributed by atoms with Crippen molar-refractivity contribution in [1.82, 2.24) is 24.8 Å². The Hall–Kier alpha value is -4.71. The lowest BCUT2D eigenvalue weighted by atomic mass is 10.1. The first-order chi connectivity index (χ1) is 18.6. The number of aliphatic hydroxyl groups is 1. The molecular formula is C25H25N9O4. The van der Waals surface area contributed by atoms with Gasteiger partial charge in [0.25, 0.3) is 0 Å². The molecule has 2 aromatic heterocycles. The molecule has 1 amide bonds. The van der Waals surface area contributed by atoms with Crippen LogP contribution in [0, 0.1) is 0 Å². The van der Waals surface area contributed by atoms with Crippen LogP contribution in [0.4, 0.5) is 5.82 Å². The molecule has 13 heteroatoms. The predicted octanol–water partition coefficient (Wildman–Crippen LogP) is 2.70. The van der Waals surface area contributed by atoms with E-state index in [1.165, 1.54) is 24.3 Å². The Morgan fingerprint density at radius 2 is 1.95 bits per heavy atom. The fourth-order valence-corrected chi connectivity index (χ4v) is 4.23. The molecule has 38 heavy (non-hydrogen) atoms. The van der Waals surface area contributed by atoms with Gasteiger partial charge >= 0.3 is 0 Å². The lowest BCUT2D eigenvalue weighted by Crippen LogP contribution is -2.40. The Morgan fingerprint density at radius 3 is 2.68 bits per heavy atom. The maximum Gasteiger partial charge on any atom is 0.249 e. The molecule has 13 nitrogen and oxygen atoms in total. The van der Waals surface area contributed by atoms with Gasteiger partial charge in [-0.2, -0.15) is 0 Å². The third kappa shape index (κ3) is 5.06. The van der Waals surface area contributed by atoms with Gasteiger partial charge < -0.3 is 25.2 Å². The monoisotopic (exact) mass is 515 g/mol. The van der Waals surface area contributed by atoms with Crippen LogP contribution in [0.3, 0.4) is 0 Å². The van der Waals surface area contributed by atoms with Crippen molar-refractivity contribution in [3.05, 3.63) is 88.8 Å². The summed E-state index contributed by atoms with van der Waals surface area (Å²) in [6, 6.07) is 16.6. The van der Waals surface area contributed by atoms with Gasteiger partial charge in [-0.1, -0.05) is 47.6 Å². The lowest BCUT2D eigenvalue weighted by Gasteiger charge is -2.16. The number of azide groups is 1. The highest BCUT2D eigenvalue weighted by Crippen LogP contribution is 2.34. The maximum atomic E-state index is 12.2. The summed E-state index contributed by atoms with van der Waals surface area (Å²) in [4.78, 5) is 28.0. The lowest BCUT2D eigenvalue weighted by molar-refractivity contribution is -0.134. The maximum absolute atomic E-state index is 12.2. The number of nitrogens with one attached hydrogen (secondary N) is 2. The number of carbonyl (C=O) groups is 1. The largest absolute Gasteiger partial charge is 0.489 e. The smallest absolute Gasteiger partial charge is 0.249 e. The van der Waals surface area contributed by atoms with Crippen molar-refractivity contribution >= 4 is 22.9 Å². The number of fused-ring (bicyclic) bond motifs is 1. The van der Waals surface area contributed by atoms with Crippen LogP contribution in [0.15, 0.2) is 72.4 Å². The fourth-order valence-electron chi connectivity index (χ4n) is 4.23. The molecule has 1 aliphatic heterocycles. The molecule has 4 atom stereocenters. The van der Waals surface area contributed by atoms with Crippen LogP contribution >= 0.6 is 0 Å². The highest BCUT2D eigenvalue weighted by atomic mass is 16.5. The summed E-state index contributed by atoms with van der Waals surface area (Å²) in [6.45, 7) is 0.963. The third-order valence-electron chi connectivity index (χ3n) is 6.19. The van der Waals surface area contributed by atoms with Gasteiger partial charge in [-0.3, -0.25) is 9.36 Å². The van der Waals surface area contributed by atoms with Gasteiger partial charge in [-0.15, -0.1) is 0 Å². The average Bonchev–Trinajstić information content (AvgIpc) is 3.53. The van der Waals surface area contributed by atoms with Crippen molar-refractivity contribution < 1.29 is 19.4 Å². The van der Waals surface area contributed by atoms with Gasteiger partial charge in [0.15, 0.2) is 23.2 Å². The number of aromatic nitrogens is 4. The molecule has 0 radical (unpaired) electrons. The van der Waals surface area contributed by atoms with Gasteiger partial charge in [0.05, 0.1) is 6.33 Å². The van der Waals surface area contributed by atoms with Crippen LogP contribution in [0.2, 0.25) is 0 Å². The number of anilines is 1. The average molecular weight is 516 g/mol. The standard InChI is InChI=1S/C25H25N9O4/c1-27-24(36)21-18(32-33-26)20(35)25(38-21)34-14-31-19-22(29-13-30-23(19)34)28-11-15-7-9-17(10-8-15)37-12-16-5-3-2-4-6-16/h2-10,13-14,18,20-21,25,35H,11-12H2,1H3,(H,27,36)(H,28,29,30). The topological polar surface area (TPSA) is 172 Å². The molecule has 3 heterocycles. The van der Waals surface area contributed by atoms with Gasteiger partial charge in [-0.05, 0) is 28.8 Å². The van der Waals surface area contributed by atoms with Gasteiger partial charge in [0, 0.05) is 18.5 Å². The second-order valence-electron chi connectivity index (χ2n) is 8.57. The summed E-state index contributed by atoms with van der Waals surface area (Å²) < 4.78 is 13.1. The number of hydrogen-bond donors (Lipinski definition) is 3. The summed E-state index contributed by atoms with van der Waals surface area (Å²) in [5, 5.41) is 20.1. The number of amides is 1. The third-order valence-corrected chi connectivity index (χ3v) is 6.19. The quantitative estimate of drug-likeness (QED) is 0.173. The second-order valence-corrected chi connectivity index (χ2v) is 8.57. The number of hydrogen-bond acceptors (Lipinski definition) is 9. The first kappa shape index (κ1) is 25.0. The normalized spacial score (nSPS) is 20.6. The van der Waals surface area contributed by atoms with Crippen LogP contribution in [0.5, 0.6) is 5.75 Å². The highest BCUT2D eigenvalue weighted by molar-refractivity contribution is 5.83. The Bertz CT molecular complexity index is 1450. The van der Waals surface area contributed by atoms with E-state index in [0.717, 1.165) is 16.9 Å². The summed E-state index contributed by atoms with van der Waals surface area (Å²) in [5.41, 5.74) is 11.8. The number of benzene rings is 2. The zero-order valence-electron chi connectivity index (χ0n) is 20.4. The van der Waals surface area contributed by atoms with Crippen molar-refractivity contribution in [1.29, 1.82) is 0 Å². The summed E-state index contributed by atoms with van der Waals surface area (Å²) in [7, 11) is 1.43. The number of carbonyl (C=O) groups excluding carboxylic acids is 1. The van der Waals surface area contributed by atoms with Crippen LogP contribution < -0.4 is 15.4 Å². The van der Waals surface area contributed by atoms with E-state index in [-0.39, 0.29) is 0 Å². The molecule has 0 saturated carbocycles. The highest BCUT2D eigenvalue weighted by Gasteiger charge is 2.48. The molecule has 4 unspecified atom stereocenters. The molecule has 0 aliphatic carbocycles. The van der Waals surface area contributed by atoms with Crippen LogP contribution in [-0.2, 0) is 22.7 Å². The van der Waals surface area contributed by atoms with Gasteiger partial charge in [0.1, 0.15) is 36.9 Å². The molecule has 4 aromatic rings. The van der Waals surface area contributed by atoms with Crippen LogP contribution in [0.1, 0.15) is 17.4 Å². The van der Waals surface area contributed by atoms with Crippen molar-refractivity contribution in [2.24, 2.45) is 5.11 Å². The van der Waals surface area contributed by atoms with Gasteiger partial charge in [-0.25, -0.2) is 15.0 Å². The van der Waals surface area contributed by atoms with Gasteiger partial charge in [0.2, 0.25) is 5.91 Å². The van der Waals surface area contributed by atoms with Crippen molar-refractivity contribution in [3.63, 3.8) is 0 Å². The minimum absolute atomic E-state index is 0.383. The first-order valence-corrected chi connectivity index (χ1v) is 11.9. The van der Waals surface area contributed by atoms with E-state index in [9.17, 15) is 9.90 Å². The summed E-state index contributed by atoms with van der Waals surface area (Å²) >= 11 is 0. The van der Waals surface area contributed by atoms with Crippen molar-refractivity contribution in [3.8, 4) is 5.75 Å². The Kier molecular flexibility index (Phi) is 7.31. The molecule has 3 N–H and O–H groups in total. The zero-order chi connectivity index (χ0) is 26.5. The first-order valence-electron chi connectivity index (χ1n) is 11.9. The number of aliphatic hydroxyl groups excluding tert-OH is 1. The molecule has 1 saturated heterocycles. The van der Waals surface area contributed by atoms with E-state index in [4.69, 9.17) is 15.0 Å². The SMILES string of the molecule is CNC(=O)C1OC(n2cnc3c(NCc4ccc(OCc5ccccc5)cc4)ncnc32)C(O)C1N=[N+]=[N-]. The molecular weight excluding hydrogens is 490 g/mol. The minimum Gasteiger partial charge on any atom is -0.489 e. The molecule has 1 aliphatic rings. The number of rotatable bonds is 9. The number of imidazole rings is 1. The number of ether oxygens (including phenoxy) is 2. The van der Waals surface area contributed by atoms with E-state index in [0.29, 0.717) is 30.1 Å². The molecule has 5 rings (SSSR count). The number of nitrogens with zero attached hydrogens (tertiary/aromatic N) is 7. The van der Waals surface area contributed by atoms with E-state index < -0.39 is 30.4 Å². The Morgan fingerprint density at radius 1 is 1.16 bits per heavy atom. The minimum atomic E-state index is -1.29. The van der Waals surface area contributed by atoms with E-state index >= 15 is 0 Å². The summed E-state index contributed by atoms with van der Waals surface area (Å²) in [5.74, 6) is 0.743. The Labute approximate surface area is 217 Å². The number of likely N-dealkylation sites (N-methyl/N-ethyl adjacent to an activating group) is 1. The van der Waals surface area contributed by atoms with E-state index in [1.807, 2.05) is 54.6 Å². The van der Waals surface area contributed by atoms with E-state index in [2.05, 4.69) is 35.6 Å². The second kappa shape index (κ2) is 11.1. The van der Waals surface area contributed by atoms with Crippen LogP contribution in [-0.4, -0.2) is 55.8 Å². The Balaban J connectivity index is 1.28. The summed E-state index contributed by atoms with van der Waals surface area (Å²) in [6.07, 6.45) is -0.682. The molecule has 2 aromatic carbocycles. The molecule has 194 valence electrons. The van der Waals surface area contributed by atoms with Crippen LogP contribution in [0.25, 0.3) is 21.6 Å². The zero-order valence-corrected chi connectivity index (χ0v) is 20.4. The van der Waals surface area contributed by atoms with Crippen molar-refractivity contribution in [2.75, 3.05) is 12.4 Å². The molecule has 0 bridgehead atoms. The molecule has 0 spiro atoms. The fraction of sp³-hybridized carbons (Fsp3) is 0.280. The van der Waals surface area contributed by atoms with E-state index in [1.54, 1.807) is 0 Å². The molecule has 1 fully saturated rings. The predicted molar refractivity (Wildman–Crippen MR) is 137 cm³/mol.